The third-order valence-electron chi connectivity index (χ3n) is 4.98. The highest BCUT2D eigenvalue weighted by atomic mass is 19.4. The van der Waals surface area contributed by atoms with Crippen LogP contribution in [0.2, 0.25) is 0 Å². The van der Waals surface area contributed by atoms with Crippen molar-refractivity contribution in [3.63, 3.8) is 0 Å². The molecule has 3 aromatic rings. The lowest BCUT2D eigenvalue weighted by Crippen LogP contribution is -2.22. The van der Waals surface area contributed by atoms with Crippen molar-refractivity contribution in [3.05, 3.63) is 88.5 Å². The van der Waals surface area contributed by atoms with Gasteiger partial charge in [-0.05, 0) is 67.1 Å². The van der Waals surface area contributed by atoms with Gasteiger partial charge >= 0.3 is 6.18 Å². The average Bonchev–Trinajstić information content (AvgIpc) is 2.75. The number of ether oxygens (including phenoxy) is 1. The number of halogens is 5. The lowest BCUT2D eigenvalue weighted by molar-refractivity contribution is -0.137. The van der Waals surface area contributed by atoms with E-state index >= 15 is 0 Å². The van der Waals surface area contributed by atoms with Crippen LogP contribution < -0.4 is 21.5 Å². The molecule has 3 aromatic carbocycles. The summed E-state index contributed by atoms with van der Waals surface area (Å²) in [6.45, 7) is 1.49. The Morgan fingerprint density at radius 3 is 2.34 bits per heavy atom. The van der Waals surface area contributed by atoms with Gasteiger partial charge in [-0.15, -0.1) is 0 Å². The Balaban J connectivity index is 1.96. The van der Waals surface area contributed by atoms with E-state index in [0.717, 1.165) is 24.3 Å². The number of amides is 2. The first-order valence-electron chi connectivity index (χ1n) is 10.1. The topological polar surface area (TPSA) is 107 Å². The zero-order valence-corrected chi connectivity index (χ0v) is 18.2. The molecule has 0 saturated heterocycles. The van der Waals surface area contributed by atoms with Crippen molar-refractivity contribution in [2.45, 2.75) is 25.6 Å². The molecule has 6 nitrogen and oxygen atoms in total. The number of aryl methyl sites for hydroxylation is 1. The first-order chi connectivity index (χ1) is 16.3. The zero-order chi connectivity index (χ0) is 25.9. The molecule has 1 unspecified atom stereocenters. The number of hydrogen-bond acceptors (Lipinski definition) is 4. The largest absolute Gasteiger partial charge is 0.456 e. The van der Waals surface area contributed by atoms with Crippen LogP contribution in [0.4, 0.5) is 27.6 Å². The van der Waals surface area contributed by atoms with Crippen molar-refractivity contribution < 1.29 is 36.3 Å². The van der Waals surface area contributed by atoms with Crippen LogP contribution in [-0.2, 0) is 11.0 Å². The van der Waals surface area contributed by atoms with Gasteiger partial charge in [-0.2, -0.15) is 13.2 Å². The van der Waals surface area contributed by atoms with Crippen LogP contribution in [0.15, 0.2) is 54.6 Å². The lowest BCUT2D eigenvalue weighted by Gasteiger charge is -2.16. The second-order valence-corrected chi connectivity index (χ2v) is 7.69. The average molecular weight is 493 g/mol. The number of carbonyl (C=O) groups excluding carboxylic acids is 2. The van der Waals surface area contributed by atoms with Gasteiger partial charge in [-0.25, -0.2) is 8.78 Å². The number of anilines is 1. The number of nitrogens with one attached hydrogen (secondary N) is 1. The molecule has 184 valence electrons. The number of alkyl halides is 3. The maximum Gasteiger partial charge on any atom is 0.416 e. The van der Waals surface area contributed by atoms with Crippen LogP contribution in [0.5, 0.6) is 11.5 Å². The number of benzene rings is 3. The summed E-state index contributed by atoms with van der Waals surface area (Å²) in [7, 11) is 0. The van der Waals surface area contributed by atoms with Gasteiger partial charge in [0, 0.05) is 23.7 Å². The fraction of sp³-hybridized carbons (Fsp3) is 0.167. The van der Waals surface area contributed by atoms with E-state index in [0.29, 0.717) is 17.7 Å². The Labute approximate surface area is 196 Å². The van der Waals surface area contributed by atoms with Gasteiger partial charge in [-0.3, -0.25) is 9.59 Å². The van der Waals surface area contributed by atoms with E-state index in [9.17, 15) is 31.5 Å². The highest BCUT2D eigenvalue weighted by molar-refractivity contribution is 6.06. The molecule has 11 heteroatoms. The number of primary amides is 1. The third kappa shape index (κ3) is 6.33. The van der Waals surface area contributed by atoms with Crippen molar-refractivity contribution in [2.75, 3.05) is 5.32 Å². The number of nitrogens with two attached hydrogens (primary N) is 2. The van der Waals surface area contributed by atoms with Gasteiger partial charge in [0.2, 0.25) is 5.91 Å². The molecule has 1 atom stereocenters. The molecule has 0 fully saturated rings. The standard InChI is InChI=1S/C24H20F5N3O3/c1-12-8-14(25)3-7-20(12)35-21-9-13(24(27,28)29)2-5-16(21)23(34)32-15-4-6-18(26)17(10-15)19(30)11-22(31)33/h2-10,19H,11,30H2,1H3,(H2,31,33)(H,32,34). The Hall–Kier alpha value is -3.99. The summed E-state index contributed by atoms with van der Waals surface area (Å²) in [6, 6.07) is 8.03. The monoisotopic (exact) mass is 493 g/mol. The molecular weight excluding hydrogens is 473 g/mol. The maximum absolute atomic E-state index is 14.2. The summed E-state index contributed by atoms with van der Waals surface area (Å²) in [5.74, 6) is -3.31. The van der Waals surface area contributed by atoms with Gasteiger partial charge in [0.05, 0.1) is 11.1 Å². The highest BCUT2D eigenvalue weighted by Crippen LogP contribution is 2.36. The summed E-state index contributed by atoms with van der Waals surface area (Å²) in [5.41, 5.74) is 9.82. The van der Waals surface area contributed by atoms with Crippen molar-refractivity contribution >= 4 is 17.5 Å². The molecule has 0 aliphatic rings. The van der Waals surface area contributed by atoms with E-state index in [1.54, 1.807) is 0 Å². The SMILES string of the molecule is Cc1cc(F)ccc1Oc1cc(C(F)(F)F)ccc1C(=O)Nc1ccc(F)c(C(N)CC(N)=O)c1. The van der Waals surface area contributed by atoms with Crippen LogP contribution in [0.1, 0.15) is 39.5 Å². The van der Waals surface area contributed by atoms with Crippen LogP contribution in [-0.4, -0.2) is 11.8 Å². The Morgan fingerprint density at radius 1 is 1.00 bits per heavy atom. The second kappa shape index (κ2) is 10.1. The van der Waals surface area contributed by atoms with Crippen LogP contribution in [0.3, 0.4) is 0 Å². The van der Waals surface area contributed by atoms with E-state index in [-0.39, 0.29) is 29.0 Å². The normalized spacial score (nSPS) is 12.2. The summed E-state index contributed by atoms with van der Waals surface area (Å²) in [4.78, 5) is 24.0. The van der Waals surface area contributed by atoms with Crippen molar-refractivity contribution in [2.24, 2.45) is 11.5 Å². The minimum absolute atomic E-state index is 0.0428. The zero-order valence-electron chi connectivity index (χ0n) is 18.2. The summed E-state index contributed by atoms with van der Waals surface area (Å²) < 4.78 is 73.0. The van der Waals surface area contributed by atoms with Crippen LogP contribution in [0, 0.1) is 18.6 Å². The van der Waals surface area contributed by atoms with E-state index in [2.05, 4.69) is 5.32 Å². The lowest BCUT2D eigenvalue weighted by atomic mass is 10.0. The molecule has 0 spiro atoms. The smallest absolute Gasteiger partial charge is 0.416 e. The van der Waals surface area contributed by atoms with Crippen molar-refractivity contribution in [3.8, 4) is 11.5 Å². The number of carbonyl (C=O) groups is 2. The fourth-order valence-electron chi connectivity index (χ4n) is 3.25. The predicted octanol–water partition coefficient (Wildman–Crippen LogP) is 5.21. The maximum atomic E-state index is 14.2. The molecule has 0 bridgehead atoms. The second-order valence-electron chi connectivity index (χ2n) is 7.69. The molecule has 0 saturated carbocycles. The Bertz CT molecular complexity index is 1280. The van der Waals surface area contributed by atoms with Gasteiger partial charge < -0.3 is 21.5 Å². The molecule has 0 heterocycles. The summed E-state index contributed by atoms with van der Waals surface area (Å²) in [5, 5.41) is 2.44. The number of rotatable bonds is 7. The Kier molecular flexibility index (Phi) is 7.39. The van der Waals surface area contributed by atoms with Crippen LogP contribution in [0.25, 0.3) is 0 Å². The van der Waals surface area contributed by atoms with Gasteiger partial charge in [0.15, 0.2) is 0 Å². The molecule has 0 aromatic heterocycles. The molecule has 3 rings (SSSR count). The minimum atomic E-state index is -4.71. The van der Waals surface area contributed by atoms with Gasteiger partial charge in [-0.1, -0.05) is 0 Å². The van der Waals surface area contributed by atoms with Crippen LogP contribution >= 0.6 is 0 Å². The Morgan fingerprint density at radius 2 is 1.71 bits per heavy atom. The molecule has 35 heavy (non-hydrogen) atoms. The van der Waals surface area contributed by atoms with Crippen molar-refractivity contribution in [1.29, 1.82) is 0 Å². The minimum Gasteiger partial charge on any atom is -0.456 e. The third-order valence-corrected chi connectivity index (χ3v) is 4.98. The molecule has 5 N–H and O–H groups in total. The van der Waals surface area contributed by atoms with Crippen molar-refractivity contribution in [1.82, 2.24) is 0 Å². The van der Waals surface area contributed by atoms with E-state index in [4.69, 9.17) is 16.2 Å². The molecule has 0 aliphatic heterocycles. The van der Waals surface area contributed by atoms with E-state index in [1.807, 2.05) is 0 Å². The molecule has 2 amide bonds. The summed E-state index contributed by atoms with van der Waals surface area (Å²) in [6.07, 6.45) is -5.06. The first-order valence-corrected chi connectivity index (χ1v) is 10.1. The summed E-state index contributed by atoms with van der Waals surface area (Å²) >= 11 is 0. The van der Waals surface area contributed by atoms with Gasteiger partial charge in [0.1, 0.15) is 23.1 Å². The number of hydrogen-bond donors (Lipinski definition) is 3. The highest BCUT2D eigenvalue weighted by Gasteiger charge is 2.32. The van der Waals surface area contributed by atoms with E-state index < -0.39 is 47.0 Å². The van der Waals surface area contributed by atoms with Gasteiger partial charge in [0.25, 0.3) is 5.91 Å². The predicted molar refractivity (Wildman–Crippen MR) is 118 cm³/mol. The first kappa shape index (κ1) is 25.6. The molecular formula is C24H20F5N3O3. The van der Waals surface area contributed by atoms with E-state index in [1.165, 1.54) is 25.1 Å². The molecule has 0 radical (unpaired) electrons. The quantitative estimate of drug-likeness (QED) is 0.393. The fourth-order valence-corrected chi connectivity index (χ4v) is 3.25. The molecule has 0 aliphatic carbocycles.